The van der Waals surface area contributed by atoms with Crippen LogP contribution in [0.15, 0.2) is 29.2 Å². The zero-order valence-electron chi connectivity index (χ0n) is 5.65. The fourth-order valence-electron chi connectivity index (χ4n) is 0.951. The quantitative estimate of drug-likeness (QED) is 0.510. The summed E-state index contributed by atoms with van der Waals surface area (Å²) in [4.78, 5) is 3.97. The maximum absolute atomic E-state index is 3.97. The van der Waals surface area contributed by atoms with Crippen molar-refractivity contribution in [2.45, 2.75) is 0 Å². The molecule has 0 bridgehead atoms. The Morgan fingerprint density at radius 2 is 2.50 bits per heavy atom. The van der Waals surface area contributed by atoms with Crippen molar-refractivity contribution in [2.75, 3.05) is 7.05 Å². The van der Waals surface area contributed by atoms with Gasteiger partial charge in [0, 0.05) is 19.4 Å². The predicted molar refractivity (Wildman–Crippen MR) is 38.5 cm³/mol. The van der Waals surface area contributed by atoms with Crippen molar-refractivity contribution >= 4 is 6.34 Å². The van der Waals surface area contributed by atoms with Crippen LogP contribution in [-0.2, 0) is 0 Å². The van der Waals surface area contributed by atoms with Gasteiger partial charge in [0.25, 0.3) is 0 Å². The monoisotopic (exact) mass is 136 g/mol. The summed E-state index contributed by atoms with van der Waals surface area (Å²) in [6.45, 7) is 0. The Balaban J connectivity index is 2.30. The number of rotatable bonds is 0. The van der Waals surface area contributed by atoms with Gasteiger partial charge in [-0.15, -0.1) is 5.12 Å². The van der Waals surface area contributed by atoms with E-state index >= 15 is 0 Å². The third-order valence-corrected chi connectivity index (χ3v) is 1.49. The number of hydrazine groups is 2. The lowest BCUT2D eigenvalue weighted by Crippen LogP contribution is -2.38. The first-order valence-electron chi connectivity index (χ1n) is 3.07. The van der Waals surface area contributed by atoms with Gasteiger partial charge in [-0.2, -0.15) is 0 Å². The van der Waals surface area contributed by atoms with Gasteiger partial charge >= 0.3 is 0 Å². The van der Waals surface area contributed by atoms with Crippen molar-refractivity contribution in [3.8, 4) is 0 Å². The van der Waals surface area contributed by atoms with Crippen LogP contribution in [0.1, 0.15) is 0 Å². The minimum Gasteiger partial charge on any atom is -0.306 e. The van der Waals surface area contributed by atoms with E-state index in [1.807, 2.05) is 29.5 Å². The number of nitrogens with zero attached hydrogens (tertiary/aromatic N) is 3. The van der Waals surface area contributed by atoms with Crippen molar-refractivity contribution in [2.24, 2.45) is 4.99 Å². The molecule has 2 heterocycles. The molecule has 0 spiro atoms. The largest absolute Gasteiger partial charge is 0.306 e. The molecule has 4 heteroatoms. The topological polar surface area (TPSA) is 30.9 Å². The Bertz CT molecular complexity index is 228. The van der Waals surface area contributed by atoms with Gasteiger partial charge < -0.3 is 5.43 Å². The van der Waals surface area contributed by atoms with E-state index in [1.54, 1.807) is 12.5 Å². The Morgan fingerprint density at radius 3 is 3.30 bits per heavy atom. The molecule has 2 aliphatic heterocycles. The summed E-state index contributed by atoms with van der Waals surface area (Å²) in [6, 6.07) is 0. The Hall–Kier alpha value is -1.29. The highest BCUT2D eigenvalue weighted by molar-refractivity contribution is 5.62. The summed E-state index contributed by atoms with van der Waals surface area (Å²) in [5, 5.41) is 3.77. The van der Waals surface area contributed by atoms with Crippen LogP contribution in [0.2, 0.25) is 0 Å². The van der Waals surface area contributed by atoms with Crippen LogP contribution in [0.3, 0.4) is 0 Å². The molecule has 0 aromatic carbocycles. The summed E-state index contributed by atoms with van der Waals surface area (Å²) in [7, 11) is 1.93. The van der Waals surface area contributed by atoms with Crippen LogP contribution in [-0.4, -0.2) is 23.5 Å². The Morgan fingerprint density at radius 1 is 1.60 bits per heavy atom. The SMILES string of the molecule is CN1NC=C2C=CN=CN21. The average Bonchev–Trinajstić information content (AvgIpc) is 2.34. The molecule has 0 fully saturated rings. The average molecular weight is 136 g/mol. The van der Waals surface area contributed by atoms with E-state index in [0.29, 0.717) is 0 Å². The number of allylic oxidation sites excluding steroid dienone is 1. The third-order valence-electron chi connectivity index (χ3n) is 1.49. The number of hydrogen-bond donors (Lipinski definition) is 1. The van der Waals surface area contributed by atoms with Crippen molar-refractivity contribution in [3.05, 3.63) is 24.2 Å². The van der Waals surface area contributed by atoms with Gasteiger partial charge in [0.2, 0.25) is 0 Å². The van der Waals surface area contributed by atoms with Crippen LogP contribution >= 0.6 is 0 Å². The fourth-order valence-corrected chi connectivity index (χ4v) is 0.951. The molecule has 0 aliphatic carbocycles. The standard InChI is InChI=1S/C6H8N4/c1-9-8-4-6-2-3-7-5-10(6)9/h2-5,8H,1H3. The van der Waals surface area contributed by atoms with Crippen molar-refractivity contribution in [1.82, 2.24) is 15.6 Å². The molecule has 0 saturated carbocycles. The molecule has 10 heavy (non-hydrogen) atoms. The maximum atomic E-state index is 3.97. The van der Waals surface area contributed by atoms with Crippen LogP contribution in [0, 0.1) is 0 Å². The van der Waals surface area contributed by atoms with Gasteiger partial charge in [0.05, 0.1) is 5.70 Å². The highest BCUT2D eigenvalue weighted by atomic mass is 15.8. The molecular weight excluding hydrogens is 128 g/mol. The molecular formula is C6H8N4. The number of hydrogen-bond acceptors (Lipinski definition) is 4. The highest BCUT2D eigenvalue weighted by Gasteiger charge is 2.17. The van der Waals surface area contributed by atoms with Crippen molar-refractivity contribution in [1.29, 1.82) is 0 Å². The van der Waals surface area contributed by atoms with Gasteiger partial charge in [0.1, 0.15) is 6.34 Å². The first-order chi connectivity index (χ1) is 4.88. The molecule has 0 aromatic rings. The number of aliphatic imine (C=N–C) groups is 1. The summed E-state index contributed by atoms with van der Waals surface area (Å²) in [5.41, 5.74) is 4.12. The molecule has 1 N–H and O–H groups in total. The maximum Gasteiger partial charge on any atom is 0.112 e. The van der Waals surface area contributed by atoms with Gasteiger partial charge in [-0.25, -0.2) is 10.0 Å². The third kappa shape index (κ3) is 0.625. The fraction of sp³-hybridized carbons (Fsp3) is 0.167. The second kappa shape index (κ2) is 1.85. The lowest BCUT2D eigenvalue weighted by atomic mass is 10.4. The normalized spacial score (nSPS) is 22.5. The van der Waals surface area contributed by atoms with Gasteiger partial charge in [-0.05, 0) is 6.08 Å². The van der Waals surface area contributed by atoms with Crippen LogP contribution < -0.4 is 5.43 Å². The summed E-state index contributed by atoms with van der Waals surface area (Å²) in [6.07, 6.45) is 7.38. The van der Waals surface area contributed by atoms with Gasteiger partial charge in [-0.3, -0.25) is 0 Å². The molecule has 0 saturated heterocycles. The first-order valence-corrected chi connectivity index (χ1v) is 3.07. The number of nitrogens with one attached hydrogen (secondary N) is 1. The Kier molecular flexibility index (Phi) is 1.01. The number of fused-ring (bicyclic) bond motifs is 1. The lowest BCUT2D eigenvalue weighted by molar-refractivity contribution is 0.108. The molecule has 52 valence electrons. The van der Waals surface area contributed by atoms with E-state index in [4.69, 9.17) is 0 Å². The summed E-state index contributed by atoms with van der Waals surface area (Å²) in [5.74, 6) is 0. The second-order valence-electron chi connectivity index (χ2n) is 2.15. The van der Waals surface area contributed by atoms with Crippen LogP contribution in [0.25, 0.3) is 0 Å². The predicted octanol–water partition coefficient (Wildman–Crippen LogP) is 0.0504. The molecule has 4 nitrogen and oxygen atoms in total. The molecule has 0 radical (unpaired) electrons. The zero-order chi connectivity index (χ0) is 6.97. The van der Waals surface area contributed by atoms with Crippen LogP contribution in [0.4, 0.5) is 0 Å². The molecule has 2 rings (SSSR count). The van der Waals surface area contributed by atoms with Crippen LogP contribution in [0.5, 0.6) is 0 Å². The molecule has 2 aliphatic rings. The minimum absolute atomic E-state index is 1.11. The van der Waals surface area contributed by atoms with E-state index in [9.17, 15) is 0 Å². The smallest absolute Gasteiger partial charge is 0.112 e. The first kappa shape index (κ1) is 5.49. The van der Waals surface area contributed by atoms with E-state index < -0.39 is 0 Å². The summed E-state index contributed by atoms with van der Waals surface area (Å²) < 4.78 is 0. The van der Waals surface area contributed by atoms with E-state index in [-0.39, 0.29) is 0 Å². The van der Waals surface area contributed by atoms with Gasteiger partial charge in [-0.1, -0.05) is 0 Å². The highest BCUT2D eigenvalue weighted by Crippen LogP contribution is 2.12. The van der Waals surface area contributed by atoms with E-state index in [1.165, 1.54) is 0 Å². The van der Waals surface area contributed by atoms with E-state index in [2.05, 4.69) is 10.4 Å². The minimum atomic E-state index is 1.11. The lowest BCUT2D eigenvalue weighted by Gasteiger charge is -2.23. The van der Waals surface area contributed by atoms with E-state index in [0.717, 1.165) is 5.70 Å². The Labute approximate surface area is 59.1 Å². The molecule has 0 amide bonds. The van der Waals surface area contributed by atoms with Crippen molar-refractivity contribution in [3.63, 3.8) is 0 Å². The second-order valence-corrected chi connectivity index (χ2v) is 2.15. The van der Waals surface area contributed by atoms with Crippen molar-refractivity contribution < 1.29 is 0 Å². The molecule has 0 atom stereocenters. The molecule has 0 aromatic heterocycles. The molecule has 0 unspecified atom stereocenters. The zero-order valence-corrected chi connectivity index (χ0v) is 5.65. The summed E-state index contributed by atoms with van der Waals surface area (Å²) >= 11 is 0. The van der Waals surface area contributed by atoms with Gasteiger partial charge in [0.15, 0.2) is 0 Å².